The lowest BCUT2D eigenvalue weighted by atomic mass is 9.89. The zero-order valence-electron chi connectivity index (χ0n) is 13.6. The van der Waals surface area contributed by atoms with Crippen molar-refractivity contribution >= 4 is 29.1 Å². The van der Waals surface area contributed by atoms with Crippen LogP contribution in [0.3, 0.4) is 0 Å². The molecule has 3 aliphatic rings. The van der Waals surface area contributed by atoms with Crippen LogP contribution in [0.15, 0.2) is 18.2 Å². The molecule has 1 saturated heterocycles. The van der Waals surface area contributed by atoms with Crippen LogP contribution in [0, 0.1) is 11.8 Å². The Balaban J connectivity index is 1.60. The van der Waals surface area contributed by atoms with E-state index in [1.54, 1.807) is 6.07 Å². The summed E-state index contributed by atoms with van der Waals surface area (Å²) in [5.74, 6) is 1.74. The molecular formula is C18H22Cl2N2O. The van der Waals surface area contributed by atoms with Gasteiger partial charge in [-0.2, -0.15) is 5.01 Å². The molecule has 1 aromatic rings. The van der Waals surface area contributed by atoms with Crippen LogP contribution in [-0.2, 0) is 11.3 Å². The van der Waals surface area contributed by atoms with E-state index in [0.29, 0.717) is 28.5 Å². The van der Waals surface area contributed by atoms with E-state index in [4.69, 9.17) is 23.2 Å². The Bertz CT molecular complexity index is 660. The molecular weight excluding hydrogens is 331 g/mol. The number of carbonyl (C=O) groups is 1. The second kappa shape index (κ2) is 5.37. The van der Waals surface area contributed by atoms with Gasteiger partial charge in [0.25, 0.3) is 5.91 Å². The fraction of sp³-hybridized carbons (Fsp3) is 0.611. The second-order valence-electron chi connectivity index (χ2n) is 7.74. The minimum absolute atomic E-state index is 0.244. The first kappa shape index (κ1) is 15.7. The van der Waals surface area contributed by atoms with Crippen LogP contribution in [0.5, 0.6) is 0 Å². The molecule has 1 heterocycles. The van der Waals surface area contributed by atoms with E-state index in [9.17, 15) is 4.79 Å². The summed E-state index contributed by atoms with van der Waals surface area (Å²) in [5, 5.41) is 5.61. The van der Waals surface area contributed by atoms with E-state index in [1.165, 1.54) is 19.3 Å². The lowest BCUT2D eigenvalue weighted by Gasteiger charge is -2.59. The van der Waals surface area contributed by atoms with E-state index in [-0.39, 0.29) is 5.91 Å². The van der Waals surface area contributed by atoms with Crippen molar-refractivity contribution < 1.29 is 4.79 Å². The van der Waals surface area contributed by atoms with E-state index in [0.717, 1.165) is 17.9 Å². The van der Waals surface area contributed by atoms with Crippen molar-refractivity contribution in [3.05, 3.63) is 33.8 Å². The van der Waals surface area contributed by atoms with Crippen molar-refractivity contribution in [3.63, 3.8) is 0 Å². The lowest BCUT2D eigenvalue weighted by Crippen LogP contribution is -2.76. The molecule has 1 aromatic carbocycles. The predicted molar refractivity (Wildman–Crippen MR) is 92.2 cm³/mol. The monoisotopic (exact) mass is 352 g/mol. The highest BCUT2D eigenvalue weighted by Gasteiger charge is 2.58. The van der Waals surface area contributed by atoms with Gasteiger partial charge in [0.2, 0.25) is 0 Å². The summed E-state index contributed by atoms with van der Waals surface area (Å²) in [6.45, 7) is 4.63. The van der Waals surface area contributed by atoms with Gasteiger partial charge in [-0.3, -0.25) is 9.80 Å². The van der Waals surface area contributed by atoms with E-state index in [2.05, 4.69) is 5.01 Å². The van der Waals surface area contributed by atoms with Gasteiger partial charge >= 0.3 is 0 Å². The smallest absolute Gasteiger partial charge is 0.258 e. The average Bonchev–Trinajstić information content (AvgIpc) is 3.13. The molecule has 0 N–H and O–H groups in total. The van der Waals surface area contributed by atoms with Crippen molar-refractivity contribution in [2.75, 3.05) is 0 Å². The zero-order valence-corrected chi connectivity index (χ0v) is 15.1. The quantitative estimate of drug-likeness (QED) is 0.798. The fourth-order valence-corrected chi connectivity index (χ4v) is 5.04. The number of benzene rings is 1. The van der Waals surface area contributed by atoms with Gasteiger partial charge in [0.1, 0.15) is 5.54 Å². The van der Waals surface area contributed by atoms with Crippen LogP contribution in [0.1, 0.15) is 45.1 Å². The summed E-state index contributed by atoms with van der Waals surface area (Å²) >= 11 is 12.5. The van der Waals surface area contributed by atoms with Gasteiger partial charge in [0.05, 0.1) is 6.04 Å². The van der Waals surface area contributed by atoms with Crippen LogP contribution in [0.4, 0.5) is 0 Å². The zero-order chi connectivity index (χ0) is 16.4. The van der Waals surface area contributed by atoms with Gasteiger partial charge < -0.3 is 0 Å². The Hall–Kier alpha value is -0.770. The molecule has 23 heavy (non-hydrogen) atoms. The molecule has 5 heteroatoms. The third-order valence-corrected chi connectivity index (χ3v) is 6.58. The molecule has 2 bridgehead atoms. The molecule has 3 nitrogen and oxygen atoms in total. The summed E-state index contributed by atoms with van der Waals surface area (Å²) in [6, 6.07) is 5.91. The Morgan fingerprint density at radius 1 is 1.22 bits per heavy atom. The first-order chi connectivity index (χ1) is 10.9. The van der Waals surface area contributed by atoms with Crippen molar-refractivity contribution in [2.24, 2.45) is 11.8 Å². The van der Waals surface area contributed by atoms with Crippen molar-refractivity contribution in [1.82, 2.24) is 10.0 Å². The molecule has 3 unspecified atom stereocenters. The largest absolute Gasteiger partial charge is 0.271 e. The topological polar surface area (TPSA) is 23.6 Å². The van der Waals surface area contributed by atoms with Crippen LogP contribution >= 0.6 is 23.2 Å². The van der Waals surface area contributed by atoms with Gasteiger partial charge in [-0.1, -0.05) is 29.6 Å². The minimum Gasteiger partial charge on any atom is -0.271 e. The first-order valence-corrected chi connectivity index (χ1v) is 9.18. The molecule has 2 saturated carbocycles. The molecule has 0 aromatic heterocycles. The summed E-state index contributed by atoms with van der Waals surface area (Å²) in [6.07, 6.45) is 5.06. The number of fused-ring (bicyclic) bond motifs is 2. The standard InChI is InChI=1S/C18H22Cl2N2O/c1-18(2)17(23)22(16-8-11-3-4-12(16)7-11)21(18)10-13-9-14(19)5-6-15(13)20/h5-6,9,11-12,16H,3-4,7-8,10H2,1-2H3. The molecule has 1 aliphatic heterocycles. The molecule has 1 amide bonds. The predicted octanol–water partition coefficient (Wildman–Crippen LogP) is 4.52. The SMILES string of the molecule is CC1(C)C(=O)N(C2CC3CCC2C3)N1Cc1cc(Cl)ccc1Cl. The molecule has 3 fully saturated rings. The molecule has 0 spiro atoms. The lowest BCUT2D eigenvalue weighted by molar-refractivity contribution is -0.233. The maximum Gasteiger partial charge on any atom is 0.258 e. The fourth-order valence-electron chi connectivity index (χ4n) is 4.66. The van der Waals surface area contributed by atoms with Crippen LogP contribution < -0.4 is 0 Å². The Kier molecular flexibility index (Phi) is 3.67. The summed E-state index contributed by atoms with van der Waals surface area (Å²) in [7, 11) is 0. The number of hydrogen-bond donors (Lipinski definition) is 0. The van der Waals surface area contributed by atoms with E-state index < -0.39 is 5.54 Å². The van der Waals surface area contributed by atoms with Gasteiger partial charge in [-0.15, -0.1) is 0 Å². The third kappa shape index (κ3) is 2.40. The Morgan fingerprint density at radius 2 is 2.00 bits per heavy atom. The summed E-state index contributed by atoms with van der Waals surface area (Å²) in [4.78, 5) is 12.7. The highest BCUT2D eigenvalue weighted by Crippen LogP contribution is 2.50. The number of halogens is 2. The first-order valence-electron chi connectivity index (χ1n) is 8.43. The number of rotatable bonds is 3. The molecule has 124 valence electrons. The summed E-state index contributed by atoms with van der Waals surface area (Å²) in [5.41, 5.74) is 0.515. The maximum absolute atomic E-state index is 12.7. The highest BCUT2D eigenvalue weighted by molar-refractivity contribution is 6.33. The molecule has 0 radical (unpaired) electrons. The Labute approximate surface area is 147 Å². The average molecular weight is 353 g/mol. The molecule has 4 rings (SSSR count). The molecule has 3 atom stereocenters. The van der Waals surface area contributed by atoms with Crippen LogP contribution in [0.25, 0.3) is 0 Å². The van der Waals surface area contributed by atoms with Crippen molar-refractivity contribution in [3.8, 4) is 0 Å². The highest BCUT2D eigenvalue weighted by atomic mass is 35.5. The summed E-state index contributed by atoms with van der Waals surface area (Å²) < 4.78 is 0. The van der Waals surface area contributed by atoms with Gasteiger partial charge in [0, 0.05) is 16.6 Å². The Morgan fingerprint density at radius 3 is 2.65 bits per heavy atom. The third-order valence-electron chi connectivity index (χ3n) is 5.98. The number of carbonyl (C=O) groups excluding carboxylic acids is 1. The van der Waals surface area contributed by atoms with E-state index in [1.807, 2.05) is 31.0 Å². The molecule has 2 aliphatic carbocycles. The number of amides is 1. The van der Waals surface area contributed by atoms with Gasteiger partial charge in [0.15, 0.2) is 0 Å². The number of nitrogens with zero attached hydrogens (tertiary/aromatic N) is 2. The van der Waals surface area contributed by atoms with Crippen LogP contribution in [0.2, 0.25) is 10.0 Å². The van der Waals surface area contributed by atoms with Crippen molar-refractivity contribution in [2.45, 2.75) is 57.7 Å². The van der Waals surface area contributed by atoms with Crippen molar-refractivity contribution in [1.29, 1.82) is 0 Å². The number of hydrogen-bond acceptors (Lipinski definition) is 2. The second-order valence-corrected chi connectivity index (χ2v) is 8.59. The van der Waals surface area contributed by atoms with Gasteiger partial charge in [-0.25, -0.2) is 0 Å². The van der Waals surface area contributed by atoms with E-state index >= 15 is 0 Å². The van der Waals surface area contributed by atoms with Gasteiger partial charge in [-0.05, 0) is 68.7 Å². The van der Waals surface area contributed by atoms with Crippen LogP contribution in [-0.4, -0.2) is 27.5 Å². The normalized spacial score (nSPS) is 32.4. The maximum atomic E-state index is 12.7. The number of hydrazine groups is 1. The minimum atomic E-state index is -0.465.